The third kappa shape index (κ3) is 2.02. The summed E-state index contributed by atoms with van der Waals surface area (Å²) in [6.07, 6.45) is 8.14. The van der Waals surface area contributed by atoms with Crippen LogP contribution >= 0.6 is 0 Å². The van der Waals surface area contributed by atoms with Gasteiger partial charge in [-0.1, -0.05) is 6.92 Å². The molecular weight excluding hydrogens is 190 g/mol. The minimum absolute atomic E-state index is 0.458. The summed E-state index contributed by atoms with van der Waals surface area (Å²) in [5.41, 5.74) is 7.55. The van der Waals surface area contributed by atoms with Crippen molar-refractivity contribution >= 4 is 0 Å². The van der Waals surface area contributed by atoms with E-state index >= 15 is 0 Å². The van der Waals surface area contributed by atoms with Crippen LogP contribution in [0.15, 0.2) is 24.8 Å². The van der Waals surface area contributed by atoms with Gasteiger partial charge < -0.3 is 5.73 Å². The predicted molar refractivity (Wildman–Crippen MR) is 56.4 cm³/mol. The van der Waals surface area contributed by atoms with E-state index in [1.165, 1.54) is 5.56 Å². The van der Waals surface area contributed by atoms with Gasteiger partial charge in [0.25, 0.3) is 0 Å². The average molecular weight is 203 g/mol. The number of hydrogen-bond donors (Lipinski definition) is 1. The summed E-state index contributed by atoms with van der Waals surface area (Å²) in [4.78, 5) is 8.35. The minimum atomic E-state index is 0.458. The first-order valence-electron chi connectivity index (χ1n) is 4.88. The Labute approximate surface area is 88.0 Å². The summed E-state index contributed by atoms with van der Waals surface area (Å²) >= 11 is 0. The molecule has 0 fully saturated rings. The maximum Gasteiger partial charge on any atom is 0.250 e. The van der Waals surface area contributed by atoms with Crippen molar-refractivity contribution in [2.45, 2.75) is 19.9 Å². The Kier molecular flexibility index (Phi) is 2.73. The normalized spacial score (nSPS) is 10.5. The van der Waals surface area contributed by atoms with Crippen molar-refractivity contribution in [1.82, 2.24) is 19.7 Å². The summed E-state index contributed by atoms with van der Waals surface area (Å²) in [5.74, 6) is 0.576. The van der Waals surface area contributed by atoms with Crippen LogP contribution in [-0.4, -0.2) is 19.7 Å². The smallest absolute Gasteiger partial charge is 0.250 e. The van der Waals surface area contributed by atoms with E-state index < -0.39 is 0 Å². The Morgan fingerprint density at radius 2 is 1.93 bits per heavy atom. The highest BCUT2D eigenvalue weighted by Gasteiger charge is 2.01. The molecule has 0 aliphatic heterocycles. The molecule has 2 rings (SSSR count). The number of nitrogens with two attached hydrogens (primary N) is 1. The van der Waals surface area contributed by atoms with Gasteiger partial charge in [-0.3, -0.25) is 0 Å². The molecule has 0 bridgehead atoms. The van der Waals surface area contributed by atoms with E-state index in [2.05, 4.69) is 22.0 Å². The first-order chi connectivity index (χ1) is 7.33. The molecule has 0 atom stereocenters. The van der Waals surface area contributed by atoms with Crippen LogP contribution in [-0.2, 0) is 13.0 Å². The molecule has 0 unspecified atom stereocenters. The van der Waals surface area contributed by atoms with Gasteiger partial charge >= 0.3 is 0 Å². The zero-order valence-corrected chi connectivity index (χ0v) is 8.59. The number of nitrogens with zero attached hydrogens (tertiary/aromatic N) is 4. The monoisotopic (exact) mass is 203 g/mol. The van der Waals surface area contributed by atoms with Crippen LogP contribution in [0.2, 0.25) is 0 Å². The molecule has 78 valence electrons. The predicted octanol–water partition coefficient (Wildman–Crippen LogP) is 0.683. The van der Waals surface area contributed by atoms with Crippen molar-refractivity contribution in [1.29, 1.82) is 0 Å². The van der Waals surface area contributed by atoms with Crippen molar-refractivity contribution < 1.29 is 0 Å². The van der Waals surface area contributed by atoms with Crippen LogP contribution in [0.4, 0.5) is 0 Å². The van der Waals surface area contributed by atoms with E-state index in [-0.39, 0.29) is 0 Å². The van der Waals surface area contributed by atoms with Crippen molar-refractivity contribution in [2.75, 3.05) is 0 Å². The zero-order chi connectivity index (χ0) is 10.7. The molecule has 0 aliphatic carbocycles. The molecular formula is C10H13N5. The van der Waals surface area contributed by atoms with E-state index in [0.717, 1.165) is 12.0 Å². The van der Waals surface area contributed by atoms with Gasteiger partial charge in [0, 0.05) is 30.7 Å². The average Bonchev–Trinajstić information content (AvgIpc) is 2.78. The van der Waals surface area contributed by atoms with Gasteiger partial charge in [-0.25, -0.2) is 14.6 Å². The molecule has 0 radical (unpaired) electrons. The number of rotatable bonds is 3. The molecule has 0 saturated carbocycles. The fraction of sp³-hybridized carbons (Fsp3) is 0.300. The summed E-state index contributed by atoms with van der Waals surface area (Å²) in [5, 5.41) is 4.17. The Morgan fingerprint density at radius 1 is 1.20 bits per heavy atom. The lowest BCUT2D eigenvalue weighted by Crippen LogP contribution is -2.04. The molecule has 5 nitrogen and oxygen atoms in total. The Hall–Kier alpha value is -1.75. The highest BCUT2D eigenvalue weighted by atomic mass is 15.3. The minimum Gasteiger partial charge on any atom is -0.326 e. The van der Waals surface area contributed by atoms with Gasteiger partial charge in [0.1, 0.15) is 0 Å². The molecule has 0 aromatic carbocycles. The fourth-order valence-corrected chi connectivity index (χ4v) is 1.22. The highest BCUT2D eigenvalue weighted by Crippen LogP contribution is 2.03. The van der Waals surface area contributed by atoms with Crippen LogP contribution in [0.5, 0.6) is 0 Å². The van der Waals surface area contributed by atoms with Gasteiger partial charge in [-0.2, -0.15) is 5.10 Å². The molecule has 2 aromatic heterocycles. The summed E-state index contributed by atoms with van der Waals surface area (Å²) in [6.45, 7) is 2.54. The lowest BCUT2D eigenvalue weighted by atomic mass is 10.3. The second-order valence-electron chi connectivity index (χ2n) is 3.24. The molecule has 15 heavy (non-hydrogen) atoms. The zero-order valence-electron chi connectivity index (χ0n) is 8.59. The standard InChI is InChI=1S/C10H13N5/c1-2-8-6-14-15(7-8)10-12-4-9(3-11)5-13-10/h4-7H,2-3,11H2,1H3. The Bertz CT molecular complexity index is 431. The molecule has 0 spiro atoms. The van der Waals surface area contributed by atoms with Gasteiger partial charge in [0.15, 0.2) is 0 Å². The van der Waals surface area contributed by atoms with Crippen LogP contribution in [0.3, 0.4) is 0 Å². The summed E-state index contributed by atoms with van der Waals surface area (Å²) in [7, 11) is 0. The van der Waals surface area contributed by atoms with Crippen LogP contribution in [0.1, 0.15) is 18.1 Å². The molecule has 0 saturated heterocycles. The number of hydrogen-bond acceptors (Lipinski definition) is 4. The largest absolute Gasteiger partial charge is 0.326 e. The van der Waals surface area contributed by atoms with Crippen molar-refractivity contribution in [2.24, 2.45) is 5.73 Å². The Balaban J connectivity index is 2.28. The summed E-state index contributed by atoms with van der Waals surface area (Å²) in [6, 6.07) is 0. The third-order valence-electron chi connectivity index (χ3n) is 2.18. The van der Waals surface area contributed by atoms with Crippen LogP contribution in [0, 0.1) is 0 Å². The first kappa shape index (κ1) is 9.79. The molecule has 5 heteroatoms. The van der Waals surface area contributed by atoms with Crippen LogP contribution in [0.25, 0.3) is 5.95 Å². The van der Waals surface area contributed by atoms with Crippen LogP contribution < -0.4 is 5.73 Å². The highest BCUT2D eigenvalue weighted by molar-refractivity contribution is 5.16. The van der Waals surface area contributed by atoms with Gasteiger partial charge in [0.2, 0.25) is 5.95 Å². The van der Waals surface area contributed by atoms with Gasteiger partial charge in [0.05, 0.1) is 6.20 Å². The molecule has 0 amide bonds. The van der Waals surface area contributed by atoms with E-state index in [4.69, 9.17) is 5.73 Å². The second kappa shape index (κ2) is 4.18. The lowest BCUT2D eigenvalue weighted by molar-refractivity contribution is 0.800. The number of aryl methyl sites for hydroxylation is 1. The third-order valence-corrected chi connectivity index (χ3v) is 2.18. The van der Waals surface area contributed by atoms with E-state index in [0.29, 0.717) is 12.5 Å². The maximum absolute atomic E-state index is 5.46. The lowest BCUT2D eigenvalue weighted by Gasteiger charge is -1.99. The maximum atomic E-state index is 5.46. The molecule has 0 aliphatic rings. The quantitative estimate of drug-likeness (QED) is 0.796. The molecule has 2 aromatic rings. The summed E-state index contributed by atoms with van der Waals surface area (Å²) < 4.78 is 1.67. The second-order valence-corrected chi connectivity index (χ2v) is 3.24. The fourth-order valence-electron chi connectivity index (χ4n) is 1.22. The van der Waals surface area contributed by atoms with E-state index in [1.807, 2.05) is 12.4 Å². The van der Waals surface area contributed by atoms with Crippen molar-refractivity contribution in [3.05, 3.63) is 35.9 Å². The SMILES string of the molecule is CCc1cnn(-c2ncc(CN)cn2)c1. The Morgan fingerprint density at radius 3 is 2.47 bits per heavy atom. The molecule has 2 heterocycles. The number of aromatic nitrogens is 4. The van der Waals surface area contributed by atoms with E-state index in [9.17, 15) is 0 Å². The molecule has 2 N–H and O–H groups in total. The van der Waals surface area contributed by atoms with Gasteiger partial charge in [-0.05, 0) is 12.0 Å². The first-order valence-corrected chi connectivity index (χ1v) is 4.88. The van der Waals surface area contributed by atoms with Gasteiger partial charge in [-0.15, -0.1) is 0 Å². The van der Waals surface area contributed by atoms with Crippen molar-refractivity contribution in [3.63, 3.8) is 0 Å². The topological polar surface area (TPSA) is 69.6 Å². The van der Waals surface area contributed by atoms with E-state index in [1.54, 1.807) is 17.1 Å². The van der Waals surface area contributed by atoms with Crippen molar-refractivity contribution in [3.8, 4) is 5.95 Å².